The fourth-order valence-corrected chi connectivity index (χ4v) is 2.04. The van der Waals surface area contributed by atoms with Crippen LogP contribution >= 0.6 is 0 Å². The number of benzene rings is 1. The quantitative estimate of drug-likeness (QED) is 0.705. The molecular formula is C16H24N2O5. The fraction of sp³-hybridized carbons (Fsp3) is 0.500. The van der Waals surface area contributed by atoms with Gasteiger partial charge >= 0.3 is 0 Å². The standard InChI is InChI=1S/C16H24N2O5/c1-5-8-17-14(20)10-18-13(19)9-11-6-7-12(21-2)16(23-4)15(11)22-3/h6-7H,5,8-10H2,1-4H3,(H,17,20)(H,18,19). The van der Waals surface area contributed by atoms with Gasteiger partial charge in [0.25, 0.3) is 0 Å². The second-order valence-corrected chi connectivity index (χ2v) is 4.80. The Morgan fingerprint density at radius 2 is 1.65 bits per heavy atom. The van der Waals surface area contributed by atoms with Gasteiger partial charge in [0.15, 0.2) is 11.5 Å². The predicted octanol–water partition coefficient (Wildman–Crippen LogP) is 0.897. The van der Waals surface area contributed by atoms with Gasteiger partial charge in [-0.2, -0.15) is 0 Å². The minimum atomic E-state index is -0.276. The Balaban J connectivity index is 2.73. The van der Waals surface area contributed by atoms with Gasteiger partial charge in [-0.25, -0.2) is 0 Å². The van der Waals surface area contributed by atoms with Crippen LogP contribution < -0.4 is 24.8 Å². The van der Waals surface area contributed by atoms with E-state index in [0.29, 0.717) is 29.4 Å². The molecule has 7 nitrogen and oxygen atoms in total. The van der Waals surface area contributed by atoms with Crippen LogP contribution in [0.5, 0.6) is 17.2 Å². The summed E-state index contributed by atoms with van der Waals surface area (Å²) in [5, 5.41) is 5.27. The van der Waals surface area contributed by atoms with Gasteiger partial charge in [0.2, 0.25) is 17.6 Å². The first kappa shape index (κ1) is 18.6. The highest BCUT2D eigenvalue weighted by Gasteiger charge is 2.18. The van der Waals surface area contributed by atoms with Crippen LogP contribution in [-0.2, 0) is 16.0 Å². The zero-order valence-corrected chi connectivity index (χ0v) is 14.0. The van der Waals surface area contributed by atoms with Crippen LogP contribution in [0.25, 0.3) is 0 Å². The van der Waals surface area contributed by atoms with E-state index in [9.17, 15) is 9.59 Å². The molecule has 1 rings (SSSR count). The topological polar surface area (TPSA) is 85.9 Å². The van der Waals surface area contributed by atoms with Crippen molar-refractivity contribution >= 4 is 11.8 Å². The highest BCUT2D eigenvalue weighted by molar-refractivity contribution is 5.86. The maximum Gasteiger partial charge on any atom is 0.239 e. The van der Waals surface area contributed by atoms with Crippen molar-refractivity contribution in [3.63, 3.8) is 0 Å². The zero-order chi connectivity index (χ0) is 17.2. The lowest BCUT2D eigenvalue weighted by atomic mass is 10.1. The van der Waals surface area contributed by atoms with Crippen molar-refractivity contribution in [1.82, 2.24) is 10.6 Å². The van der Waals surface area contributed by atoms with E-state index in [-0.39, 0.29) is 24.8 Å². The molecule has 0 fully saturated rings. The van der Waals surface area contributed by atoms with E-state index in [2.05, 4.69) is 10.6 Å². The third-order valence-electron chi connectivity index (χ3n) is 3.16. The third kappa shape index (κ3) is 5.36. The van der Waals surface area contributed by atoms with Gasteiger partial charge in [-0.3, -0.25) is 9.59 Å². The molecule has 0 aliphatic rings. The van der Waals surface area contributed by atoms with Crippen molar-refractivity contribution in [1.29, 1.82) is 0 Å². The van der Waals surface area contributed by atoms with Crippen molar-refractivity contribution in [2.24, 2.45) is 0 Å². The van der Waals surface area contributed by atoms with Crippen LogP contribution in [-0.4, -0.2) is 46.2 Å². The maximum absolute atomic E-state index is 12.0. The van der Waals surface area contributed by atoms with Gasteiger partial charge in [-0.05, 0) is 12.5 Å². The number of hydrogen-bond donors (Lipinski definition) is 2. The monoisotopic (exact) mass is 324 g/mol. The summed E-state index contributed by atoms with van der Waals surface area (Å²) >= 11 is 0. The molecule has 0 aromatic heterocycles. The Hall–Kier alpha value is -2.44. The lowest BCUT2D eigenvalue weighted by molar-refractivity contribution is -0.125. The van der Waals surface area contributed by atoms with Crippen LogP contribution in [0.2, 0.25) is 0 Å². The summed E-state index contributed by atoms with van der Waals surface area (Å²) in [4.78, 5) is 23.5. The molecule has 7 heteroatoms. The Labute approximate surface area is 136 Å². The van der Waals surface area contributed by atoms with E-state index < -0.39 is 0 Å². The van der Waals surface area contributed by atoms with Gasteiger partial charge in [-0.15, -0.1) is 0 Å². The van der Waals surface area contributed by atoms with Crippen molar-refractivity contribution in [2.75, 3.05) is 34.4 Å². The van der Waals surface area contributed by atoms with E-state index in [4.69, 9.17) is 14.2 Å². The number of carbonyl (C=O) groups excluding carboxylic acids is 2. The third-order valence-corrected chi connectivity index (χ3v) is 3.16. The minimum absolute atomic E-state index is 0.0472. The van der Waals surface area contributed by atoms with Gasteiger partial charge in [0, 0.05) is 12.1 Å². The van der Waals surface area contributed by atoms with Crippen LogP contribution in [0, 0.1) is 0 Å². The summed E-state index contributed by atoms with van der Waals surface area (Å²) in [7, 11) is 4.53. The van der Waals surface area contributed by atoms with Gasteiger partial charge < -0.3 is 24.8 Å². The number of carbonyl (C=O) groups is 2. The summed E-state index contributed by atoms with van der Waals surface area (Å²) in [6.07, 6.45) is 0.924. The minimum Gasteiger partial charge on any atom is -0.493 e. The largest absolute Gasteiger partial charge is 0.493 e. The molecule has 2 N–H and O–H groups in total. The van der Waals surface area contributed by atoms with Crippen molar-refractivity contribution in [3.8, 4) is 17.2 Å². The number of hydrogen-bond acceptors (Lipinski definition) is 5. The van der Waals surface area contributed by atoms with Crippen molar-refractivity contribution < 1.29 is 23.8 Å². The molecule has 0 aliphatic carbocycles. The van der Waals surface area contributed by atoms with Gasteiger partial charge in [0.05, 0.1) is 34.3 Å². The molecule has 0 radical (unpaired) electrons. The Kier molecular flexibility index (Phi) is 7.73. The molecule has 0 unspecified atom stereocenters. The highest BCUT2D eigenvalue weighted by Crippen LogP contribution is 2.39. The molecule has 1 aromatic carbocycles. The second-order valence-electron chi connectivity index (χ2n) is 4.80. The molecule has 0 saturated heterocycles. The van der Waals surface area contributed by atoms with Crippen LogP contribution in [0.3, 0.4) is 0 Å². The first-order chi connectivity index (χ1) is 11.1. The Morgan fingerprint density at radius 3 is 2.22 bits per heavy atom. The predicted molar refractivity (Wildman–Crippen MR) is 86.1 cm³/mol. The molecule has 128 valence electrons. The number of rotatable bonds is 9. The van der Waals surface area contributed by atoms with Gasteiger partial charge in [-0.1, -0.05) is 13.0 Å². The van der Waals surface area contributed by atoms with Crippen molar-refractivity contribution in [2.45, 2.75) is 19.8 Å². The molecule has 23 heavy (non-hydrogen) atoms. The molecule has 2 amide bonds. The Bertz CT molecular complexity index is 546. The normalized spacial score (nSPS) is 9.91. The van der Waals surface area contributed by atoms with E-state index in [0.717, 1.165) is 6.42 Å². The lowest BCUT2D eigenvalue weighted by Gasteiger charge is -2.15. The van der Waals surface area contributed by atoms with Crippen LogP contribution in [0.15, 0.2) is 12.1 Å². The second kappa shape index (κ2) is 9.55. The highest BCUT2D eigenvalue weighted by atomic mass is 16.5. The molecule has 0 spiro atoms. The van der Waals surface area contributed by atoms with Gasteiger partial charge in [0.1, 0.15) is 0 Å². The average Bonchev–Trinajstić information content (AvgIpc) is 2.57. The summed E-state index contributed by atoms with van der Waals surface area (Å²) < 4.78 is 15.8. The molecule has 0 atom stereocenters. The number of methoxy groups -OCH3 is 3. The summed E-state index contributed by atoms with van der Waals surface area (Å²) in [5.41, 5.74) is 0.650. The maximum atomic E-state index is 12.0. The molecule has 0 heterocycles. The SMILES string of the molecule is CCCNC(=O)CNC(=O)Cc1ccc(OC)c(OC)c1OC. The number of ether oxygens (including phenoxy) is 3. The van der Waals surface area contributed by atoms with E-state index >= 15 is 0 Å². The van der Waals surface area contributed by atoms with E-state index in [1.165, 1.54) is 21.3 Å². The molecule has 0 bridgehead atoms. The summed E-state index contributed by atoms with van der Waals surface area (Å²) in [6, 6.07) is 3.44. The van der Waals surface area contributed by atoms with Crippen molar-refractivity contribution in [3.05, 3.63) is 17.7 Å². The van der Waals surface area contributed by atoms with E-state index in [1.54, 1.807) is 12.1 Å². The first-order valence-electron chi connectivity index (χ1n) is 7.38. The summed E-state index contributed by atoms with van der Waals surface area (Å²) in [6.45, 7) is 2.51. The van der Waals surface area contributed by atoms with Crippen LogP contribution in [0.1, 0.15) is 18.9 Å². The lowest BCUT2D eigenvalue weighted by Crippen LogP contribution is -2.37. The summed E-state index contributed by atoms with van der Waals surface area (Å²) in [5.74, 6) is 0.910. The molecule has 1 aromatic rings. The molecule has 0 saturated carbocycles. The molecular weight excluding hydrogens is 300 g/mol. The van der Waals surface area contributed by atoms with E-state index in [1.807, 2.05) is 6.92 Å². The molecule has 0 aliphatic heterocycles. The average molecular weight is 324 g/mol. The Morgan fingerprint density at radius 1 is 0.957 bits per heavy atom. The smallest absolute Gasteiger partial charge is 0.239 e. The fourth-order valence-electron chi connectivity index (χ4n) is 2.04. The zero-order valence-electron chi connectivity index (χ0n) is 14.0. The van der Waals surface area contributed by atoms with Crippen LogP contribution in [0.4, 0.5) is 0 Å². The first-order valence-corrected chi connectivity index (χ1v) is 7.38. The number of nitrogens with one attached hydrogen (secondary N) is 2. The number of amides is 2.